The summed E-state index contributed by atoms with van der Waals surface area (Å²) in [5.41, 5.74) is 6.19. The average molecular weight is 766 g/mol. The van der Waals surface area contributed by atoms with Crippen molar-refractivity contribution in [2.24, 2.45) is 0 Å². The summed E-state index contributed by atoms with van der Waals surface area (Å²) >= 11 is 0. The number of carbonyl (C=O) groups is 3. The van der Waals surface area contributed by atoms with Crippen molar-refractivity contribution in [1.29, 1.82) is 0 Å². The zero-order valence-corrected chi connectivity index (χ0v) is 32.3. The van der Waals surface area contributed by atoms with Crippen molar-refractivity contribution in [3.8, 4) is 34.4 Å². The van der Waals surface area contributed by atoms with Crippen LogP contribution in [0.25, 0.3) is 22.5 Å². The second-order valence-electron chi connectivity index (χ2n) is 14.9. The zero-order valence-electron chi connectivity index (χ0n) is 32.3. The fraction of sp³-hybridized carbons (Fsp3) is 0.341. The molecular weight excluding hydrogens is 719 g/mol. The molecule has 57 heavy (non-hydrogen) atoms. The number of nitrogens with zero attached hydrogens (tertiary/aromatic N) is 6. The van der Waals surface area contributed by atoms with Crippen LogP contribution < -0.4 is 5.32 Å². The van der Waals surface area contributed by atoms with Gasteiger partial charge in [0.1, 0.15) is 17.7 Å². The molecule has 3 atom stereocenters. The van der Waals surface area contributed by atoms with Crippen molar-refractivity contribution in [2.45, 2.75) is 43.8 Å². The summed E-state index contributed by atoms with van der Waals surface area (Å²) < 4.78 is 4.82. The van der Waals surface area contributed by atoms with Gasteiger partial charge < -0.3 is 39.6 Å². The van der Waals surface area contributed by atoms with Crippen LogP contribution >= 0.6 is 0 Å². The van der Waals surface area contributed by atoms with E-state index in [0.29, 0.717) is 17.9 Å². The van der Waals surface area contributed by atoms with Gasteiger partial charge in [-0.25, -0.2) is 19.6 Å². The first-order valence-corrected chi connectivity index (χ1v) is 19.6. The number of imidazole rings is 2. The Balaban J connectivity index is 0.892. The number of amides is 4. The van der Waals surface area contributed by atoms with Gasteiger partial charge in [0.2, 0.25) is 0 Å². The number of nitrogens with one attached hydrogen (secondary N) is 3. The Labute approximate surface area is 332 Å². The van der Waals surface area contributed by atoms with Crippen LogP contribution in [0, 0.1) is 11.8 Å². The smallest absolute Gasteiger partial charge is 0.407 e. The van der Waals surface area contributed by atoms with E-state index in [2.05, 4.69) is 44.1 Å². The molecule has 3 aliphatic heterocycles. The first-order valence-electron chi connectivity index (χ1n) is 19.6. The van der Waals surface area contributed by atoms with Gasteiger partial charge in [0, 0.05) is 50.4 Å². The third kappa shape index (κ3) is 8.27. The fourth-order valence-electron chi connectivity index (χ4n) is 7.97. The first kappa shape index (κ1) is 37.5. The van der Waals surface area contributed by atoms with E-state index in [0.717, 1.165) is 97.9 Å². The maximum Gasteiger partial charge on any atom is 0.407 e. The molecule has 4 amide bonds. The van der Waals surface area contributed by atoms with Gasteiger partial charge in [-0.15, -0.1) is 0 Å². The molecule has 3 saturated heterocycles. The lowest BCUT2D eigenvalue weighted by Gasteiger charge is -2.36. The second kappa shape index (κ2) is 16.8. The molecule has 13 nitrogen and oxygen atoms in total. The molecule has 5 aromatic rings. The van der Waals surface area contributed by atoms with Crippen molar-refractivity contribution < 1.29 is 19.1 Å². The van der Waals surface area contributed by atoms with Gasteiger partial charge in [-0.1, -0.05) is 66.4 Å². The average Bonchev–Trinajstić information content (AvgIpc) is 4.10. The Morgan fingerprint density at radius 1 is 0.719 bits per heavy atom. The van der Waals surface area contributed by atoms with Crippen LogP contribution in [0.1, 0.15) is 72.1 Å². The Kier molecular flexibility index (Phi) is 11.0. The number of piperazine rings is 1. The standard InChI is InChI=1S/C44H47N9O4/c1-50-24-26-51(27-25-50)44(56)53-23-7-11-38(53)41-46-29-36(48-41)33-20-16-31(17-21-33)13-12-30-14-18-32(19-15-30)35-28-45-40(47-35)37-10-6-22-52(37)42(54)39(49-43(55)57-2)34-8-4-3-5-9-34/h3-5,8-9,14-21,28-29,37-39H,6-7,10-11,22-27H2,1-2H3,(H,45,47)(H,46,48)(H,49,55)/t37-,38-,39+/m0/s1. The lowest BCUT2D eigenvalue weighted by molar-refractivity contribution is -0.134. The number of aromatic amines is 2. The number of H-pyrrole nitrogens is 2. The molecule has 3 aliphatic rings. The highest BCUT2D eigenvalue weighted by Gasteiger charge is 2.38. The molecule has 3 fully saturated rings. The maximum absolute atomic E-state index is 13.8. The maximum atomic E-state index is 13.8. The second-order valence-corrected chi connectivity index (χ2v) is 14.9. The van der Waals surface area contributed by atoms with E-state index >= 15 is 0 Å². The molecule has 0 radical (unpaired) electrons. The van der Waals surface area contributed by atoms with Crippen LogP contribution in [-0.2, 0) is 9.53 Å². The van der Waals surface area contributed by atoms with Crippen LogP contribution in [0.5, 0.6) is 0 Å². The topological polar surface area (TPSA) is 143 Å². The Morgan fingerprint density at radius 2 is 1.25 bits per heavy atom. The number of methoxy groups -OCH3 is 1. The molecular formula is C44H47N9O4. The molecule has 5 heterocycles. The monoisotopic (exact) mass is 765 g/mol. The summed E-state index contributed by atoms with van der Waals surface area (Å²) in [6, 6.07) is 24.2. The number of alkyl carbamates (subject to hydrolysis) is 1. The van der Waals surface area contributed by atoms with Crippen LogP contribution in [-0.4, -0.2) is 111 Å². The number of aromatic nitrogens is 4. The van der Waals surface area contributed by atoms with Crippen molar-refractivity contribution in [3.05, 3.63) is 120 Å². The van der Waals surface area contributed by atoms with Crippen molar-refractivity contribution in [1.82, 2.24) is 44.9 Å². The van der Waals surface area contributed by atoms with Crippen molar-refractivity contribution >= 4 is 18.0 Å². The summed E-state index contributed by atoms with van der Waals surface area (Å²) in [4.78, 5) is 63.7. The molecule has 292 valence electrons. The largest absolute Gasteiger partial charge is 0.453 e. The van der Waals surface area contributed by atoms with Crippen molar-refractivity contribution in [3.63, 3.8) is 0 Å². The molecule has 3 aromatic carbocycles. The fourth-order valence-corrected chi connectivity index (χ4v) is 7.97. The third-order valence-corrected chi connectivity index (χ3v) is 11.2. The minimum Gasteiger partial charge on any atom is -0.453 e. The van der Waals surface area contributed by atoms with Crippen LogP contribution in [0.3, 0.4) is 0 Å². The highest BCUT2D eigenvalue weighted by molar-refractivity contribution is 5.87. The van der Waals surface area contributed by atoms with E-state index in [1.807, 2.05) is 94.9 Å². The number of hydrogen-bond donors (Lipinski definition) is 3. The minimum absolute atomic E-state index is 0.0393. The number of likely N-dealkylation sites (tertiary alicyclic amines) is 2. The summed E-state index contributed by atoms with van der Waals surface area (Å²) in [6.45, 7) is 4.64. The predicted molar refractivity (Wildman–Crippen MR) is 216 cm³/mol. The summed E-state index contributed by atoms with van der Waals surface area (Å²) in [7, 11) is 3.38. The van der Waals surface area contributed by atoms with Gasteiger partial charge in [0.15, 0.2) is 0 Å². The number of urea groups is 1. The van der Waals surface area contributed by atoms with Crippen LogP contribution in [0.4, 0.5) is 9.59 Å². The first-order chi connectivity index (χ1) is 27.8. The van der Waals surface area contributed by atoms with Gasteiger partial charge in [-0.3, -0.25) is 4.79 Å². The molecule has 13 heteroatoms. The van der Waals surface area contributed by atoms with Gasteiger partial charge in [0.05, 0.1) is 43.0 Å². The molecule has 3 N–H and O–H groups in total. The SMILES string of the molecule is COC(=O)N[C@@H](C(=O)N1CCC[C@H]1c1ncc(-c2ccc(C#Cc3ccc(-c4cnc([C@@H]5CCCN5C(=O)N5CCN(C)CC5)[nH]4)cc3)cc2)[nH]1)c1ccccc1. The minimum atomic E-state index is -0.871. The quantitative estimate of drug-likeness (QED) is 0.169. The molecule has 2 aromatic heterocycles. The molecule has 0 unspecified atom stereocenters. The predicted octanol–water partition coefficient (Wildman–Crippen LogP) is 6.13. The Morgan fingerprint density at radius 3 is 1.79 bits per heavy atom. The number of likely N-dealkylation sites (N-methyl/N-ethyl adjacent to an activating group) is 1. The van der Waals surface area contributed by atoms with E-state index in [9.17, 15) is 14.4 Å². The lowest BCUT2D eigenvalue weighted by Crippen LogP contribution is -2.51. The van der Waals surface area contributed by atoms with E-state index in [4.69, 9.17) is 9.72 Å². The summed E-state index contributed by atoms with van der Waals surface area (Å²) in [6.07, 6.45) is 6.44. The van der Waals surface area contributed by atoms with E-state index < -0.39 is 12.1 Å². The molecule has 0 spiro atoms. The molecule has 0 bridgehead atoms. The zero-order chi connectivity index (χ0) is 39.3. The van der Waals surface area contributed by atoms with Gasteiger partial charge in [0.25, 0.3) is 5.91 Å². The molecule has 8 rings (SSSR count). The number of hydrogen-bond acceptors (Lipinski definition) is 7. The van der Waals surface area contributed by atoms with Crippen LogP contribution in [0.2, 0.25) is 0 Å². The van der Waals surface area contributed by atoms with E-state index in [1.165, 1.54) is 7.11 Å². The molecule has 0 saturated carbocycles. The summed E-state index contributed by atoms with van der Waals surface area (Å²) in [5, 5.41) is 2.71. The Bertz CT molecular complexity index is 2250. The van der Waals surface area contributed by atoms with Gasteiger partial charge in [-0.2, -0.15) is 0 Å². The summed E-state index contributed by atoms with van der Waals surface area (Å²) in [5.74, 6) is 7.88. The van der Waals surface area contributed by atoms with Gasteiger partial charge >= 0.3 is 12.1 Å². The molecule has 0 aliphatic carbocycles. The van der Waals surface area contributed by atoms with E-state index in [-0.39, 0.29) is 24.0 Å². The van der Waals surface area contributed by atoms with Gasteiger partial charge in [-0.05, 0) is 73.7 Å². The number of carbonyl (C=O) groups excluding carboxylic acids is 3. The third-order valence-electron chi connectivity index (χ3n) is 11.2. The normalized spacial score (nSPS) is 18.9. The highest BCUT2D eigenvalue weighted by atomic mass is 16.5. The highest BCUT2D eigenvalue weighted by Crippen LogP contribution is 2.35. The van der Waals surface area contributed by atoms with E-state index in [1.54, 1.807) is 11.1 Å². The number of benzene rings is 3. The number of ether oxygens (including phenoxy) is 1. The van der Waals surface area contributed by atoms with Crippen LogP contribution in [0.15, 0.2) is 91.3 Å². The lowest BCUT2D eigenvalue weighted by atomic mass is 10.1. The van der Waals surface area contributed by atoms with Crippen molar-refractivity contribution in [2.75, 3.05) is 53.4 Å². The number of rotatable bonds is 7. The Hall–Kier alpha value is -6.39.